The van der Waals surface area contributed by atoms with E-state index >= 15 is 0 Å². The van der Waals surface area contributed by atoms with Crippen molar-refractivity contribution in [1.29, 1.82) is 0 Å². The minimum absolute atomic E-state index is 0.0714. The normalized spacial score (nSPS) is 24.5. The van der Waals surface area contributed by atoms with Gasteiger partial charge in [-0.25, -0.2) is 0 Å². The molecule has 0 aromatic heterocycles. The van der Waals surface area contributed by atoms with Gasteiger partial charge in [0.2, 0.25) is 11.8 Å². The molecule has 2 atom stereocenters. The zero-order valence-electron chi connectivity index (χ0n) is 13.9. The highest BCUT2D eigenvalue weighted by Crippen LogP contribution is 2.31. The number of amides is 3. The van der Waals surface area contributed by atoms with Crippen molar-refractivity contribution in [2.45, 2.75) is 37.9 Å². The van der Waals surface area contributed by atoms with E-state index < -0.39 is 11.7 Å². The number of hydrogen-bond acceptors (Lipinski definition) is 4. The number of hydrogen-bond donors (Lipinski definition) is 3. The molecule has 24 heavy (non-hydrogen) atoms. The van der Waals surface area contributed by atoms with Crippen molar-refractivity contribution in [3.8, 4) is 0 Å². The molecule has 1 aromatic carbocycles. The van der Waals surface area contributed by atoms with Crippen LogP contribution in [0, 0.1) is 0 Å². The molecule has 0 saturated carbocycles. The molecular formula is C17H22N4O3. The van der Waals surface area contributed by atoms with Gasteiger partial charge in [0, 0.05) is 32.1 Å². The van der Waals surface area contributed by atoms with Crippen molar-refractivity contribution in [3.05, 3.63) is 29.8 Å². The highest BCUT2D eigenvalue weighted by Gasteiger charge is 2.41. The van der Waals surface area contributed by atoms with E-state index in [1.807, 2.05) is 18.2 Å². The van der Waals surface area contributed by atoms with E-state index in [9.17, 15) is 14.4 Å². The lowest BCUT2D eigenvalue weighted by atomic mass is 9.95. The molecule has 0 radical (unpaired) electrons. The Hall–Kier alpha value is -2.57. The van der Waals surface area contributed by atoms with E-state index in [1.54, 1.807) is 24.9 Å². The molecule has 3 rings (SSSR count). The van der Waals surface area contributed by atoms with Gasteiger partial charge in [-0.2, -0.15) is 0 Å². The first-order valence-electron chi connectivity index (χ1n) is 8.16. The molecule has 2 aliphatic heterocycles. The van der Waals surface area contributed by atoms with E-state index in [2.05, 4.69) is 16.0 Å². The molecule has 1 aromatic rings. The Kier molecular flexibility index (Phi) is 4.17. The van der Waals surface area contributed by atoms with Crippen LogP contribution in [0.1, 0.15) is 36.5 Å². The highest BCUT2D eigenvalue weighted by molar-refractivity contribution is 6.02. The summed E-state index contributed by atoms with van der Waals surface area (Å²) in [6.07, 6.45) is 1.31. The van der Waals surface area contributed by atoms with Crippen LogP contribution in [0.15, 0.2) is 24.3 Å². The van der Waals surface area contributed by atoms with E-state index in [4.69, 9.17) is 0 Å². The highest BCUT2D eigenvalue weighted by atomic mass is 16.2. The molecule has 2 aliphatic rings. The minimum Gasteiger partial charge on any atom is -0.362 e. The predicted molar refractivity (Wildman–Crippen MR) is 89.4 cm³/mol. The first kappa shape index (κ1) is 16.3. The van der Waals surface area contributed by atoms with Crippen LogP contribution in [0.2, 0.25) is 0 Å². The topological polar surface area (TPSA) is 90.5 Å². The number of nitrogens with zero attached hydrogens (tertiary/aromatic N) is 1. The lowest BCUT2D eigenvalue weighted by Gasteiger charge is -2.40. The third-order valence-corrected chi connectivity index (χ3v) is 4.86. The lowest BCUT2D eigenvalue weighted by Crippen LogP contribution is -2.58. The number of anilines is 1. The third-order valence-electron chi connectivity index (χ3n) is 4.86. The molecule has 2 heterocycles. The summed E-state index contributed by atoms with van der Waals surface area (Å²) in [5.74, 6) is -0.396. The van der Waals surface area contributed by atoms with Crippen LogP contribution in [-0.2, 0) is 9.59 Å². The summed E-state index contributed by atoms with van der Waals surface area (Å²) < 4.78 is 0. The van der Waals surface area contributed by atoms with Crippen LogP contribution < -0.4 is 16.0 Å². The van der Waals surface area contributed by atoms with Gasteiger partial charge in [0.15, 0.2) is 0 Å². The van der Waals surface area contributed by atoms with Crippen LogP contribution in [0.3, 0.4) is 0 Å². The number of likely N-dealkylation sites (N-methyl/N-ethyl adjacent to an activating group) is 1. The third kappa shape index (κ3) is 2.81. The Balaban J connectivity index is 1.82. The number of carbonyl (C=O) groups is 3. The summed E-state index contributed by atoms with van der Waals surface area (Å²) in [5, 5.41) is 8.99. The summed E-state index contributed by atoms with van der Waals surface area (Å²) >= 11 is 0. The van der Waals surface area contributed by atoms with Gasteiger partial charge < -0.3 is 20.9 Å². The van der Waals surface area contributed by atoms with Crippen molar-refractivity contribution in [3.63, 3.8) is 0 Å². The average molecular weight is 330 g/mol. The molecule has 0 bridgehead atoms. The molecule has 128 valence electrons. The number of benzene rings is 1. The van der Waals surface area contributed by atoms with Gasteiger partial charge in [-0.05, 0) is 25.5 Å². The fourth-order valence-corrected chi connectivity index (χ4v) is 3.40. The molecule has 7 nitrogen and oxygen atoms in total. The second-order valence-electron chi connectivity index (χ2n) is 6.33. The number of fused-ring (bicyclic) bond motifs is 1. The molecule has 2 unspecified atom stereocenters. The molecule has 1 saturated heterocycles. The Labute approximate surface area is 140 Å². The summed E-state index contributed by atoms with van der Waals surface area (Å²) in [5.41, 5.74) is 0.730. The number of rotatable bonds is 2. The van der Waals surface area contributed by atoms with Crippen molar-refractivity contribution in [2.24, 2.45) is 0 Å². The van der Waals surface area contributed by atoms with Gasteiger partial charge in [-0.15, -0.1) is 0 Å². The Bertz CT molecular complexity index is 690. The van der Waals surface area contributed by atoms with Gasteiger partial charge in [-0.1, -0.05) is 12.1 Å². The zero-order valence-corrected chi connectivity index (χ0v) is 13.9. The van der Waals surface area contributed by atoms with Gasteiger partial charge >= 0.3 is 0 Å². The van der Waals surface area contributed by atoms with Gasteiger partial charge in [0.1, 0.15) is 11.7 Å². The number of para-hydroxylation sites is 1. The maximum atomic E-state index is 12.4. The van der Waals surface area contributed by atoms with Gasteiger partial charge in [0.05, 0.1) is 5.56 Å². The van der Waals surface area contributed by atoms with Gasteiger partial charge in [-0.3, -0.25) is 14.4 Å². The maximum absolute atomic E-state index is 12.4. The van der Waals surface area contributed by atoms with Crippen molar-refractivity contribution >= 4 is 23.4 Å². The lowest BCUT2D eigenvalue weighted by molar-refractivity contribution is -0.139. The second-order valence-corrected chi connectivity index (χ2v) is 6.33. The molecule has 3 amide bonds. The monoisotopic (exact) mass is 330 g/mol. The van der Waals surface area contributed by atoms with Crippen molar-refractivity contribution < 1.29 is 14.4 Å². The minimum atomic E-state index is -0.655. The standard InChI is InChI=1S/C17H22N4O3/c1-11(15(23)18-2)21-10-9-17(8-7-14(21)22)19-13-6-4-3-5-12(13)16(24)20-17/h3-6,11,19H,7-10H2,1-2H3,(H,18,23)(H,20,24). The first-order valence-corrected chi connectivity index (χ1v) is 8.16. The average Bonchev–Trinajstić information content (AvgIpc) is 2.73. The van der Waals surface area contributed by atoms with Crippen LogP contribution in [0.25, 0.3) is 0 Å². The fourth-order valence-electron chi connectivity index (χ4n) is 3.40. The largest absolute Gasteiger partial charge is 0.362 e. The number of carbonyl (C=O) groups excluding carboxylic acids is 3. The summed E-state index contributed by atoms with van der Waals surface area (Å²) in [4.78, 5) is 38.3. The second kappa shape index (κ2) is 6.14. The summed E-state index contributed by atoms with van der Waals surface area (Å²) in [6, 6.07) is 6.81. The first-order chi connectivity index (χ1) is 11.5. The smallest absolute Gasteiger partial charge is 0.255 e. The van der Waals surface area contributed by atoms with E-state index in [1.165, 1.54) is 0 Å². The molecule has 7 heteroatoms. The maximum Gasteiger partial charge on any atom is 0.255 e. The zero-order chi connectivity index (χ0) is 17.3. The fraction of sp³-hybridized carbons (Fsp3) is 0.471. The SMILES string of the molecule is CNC(=O)C(C)N1CCC2(CCC1=O)NC(=O)c1ccccc1N2. The Morgan fingerprint density at radius 2 is 2.00 bits per heavy atom. The van der Waals surface area contributed by atoms with Crippen molar-refractivity contribution in [1.82, 2.24) is 15.5 Å². The molecular weight excluding hydrogens is 308 g/mol. The summed E-state index contributed by atoms with van der Waals surface area (Å²) in [6.45, 7) is 2.12. The molecule has 1 fully saturated rings. The van der Waals surface area contributed by atoms with Crippen molar-refractivity contribution in [2.75, 3.05) is 18.9 Å². The van der Waals surface area contributed by atoms with Crippen LogP contribution in [0.5, 0.6) is 0 Å². The summed E-state index contributed by atoms with van der Waals surface area (Å²) in [7, 11) is 1.56. The molecule has 3 N–H and O–H groups in total. The predicted octanol–water partition coefficient (Wildman–Crippen LogP) is 0.685. The van der Waals surface area contributed by atoms with Gasteiger partial charge in [0.25, 0.3) is 5.91 Å². The Morgan fingerprint density at radius 3 is 2.75 bits per heavy atom. The van der Waals surface area contributed by atoms with Crippen LogP contribution in [-0.4, -0.2) is 47.9 Å². The van der Waals surface area contributed by atoms with Crippen LogP contribution >= 0.6 is 0 Å². The Morgan fingerprint density at radius 1 is 1.25 bits per heavy atom. The quantitative estimate of drug-likeness (QED) is 0.744. The van der Waals surface area contributed by atoms with E-state index in [0.717, 1.165) is 5.69 Å². The number of likely N-dealkylation sites (tertiary alicyclic amines) is 1. The van der Waals surface area contributed by atoms with E-state index in [-0.39, 0.29) is 24.1 Å². The van der Waals surface area contributed by atoms with Crippen LogP contribution in [0.4, 0.5) is 5.69 Å². The molecule has 0 aliphatic carbocycles. The molecule has 1 spiro atoms. The number of nitrogens with one attached hydrogen (secondary N) is 3. The van der Waals surface area contributed by atoms with E-state index in [0.29, 0.717) is 24.9 Å².